The monoisotopic (exact) mass is 379 g/mol. The first-order chi connectivity index (χ1) is 13.1. The predicted octanol–water partition coefficient (Wildman–Crippen LogP) is 0.984. The Labute approximate surface area is 162 Å². The van der Waals surface area contributed by atoms with Gasteiger partial charge in [0.1, 0.15) is 0 Å². The molecule has 2 aliphatic heterocycles. The van der Waals surface area contributed by atoms with Crippen LogP contribution in [0.1, 0.15) is 18.4 Å². The quantitative estimate of drug-likeness (QED) is 0.732. The smallest absolute Gasteiger partial charge is 0.200 e. The molecule has 7 heteroatoms. The number of methoxy groups -OCH3 is 2. The van der Waals surface area contributed by atoms with Gasteiger partial charge in [-0.3, -0.25) is 14.7 Å². The number of benzene rings is 1. The molecule has 0 aromatic heterocycles. The van der Waals surface area contributed by atoms with E-state index in [0.717, 1.165) is 57.9 Å². The molecule has 3 rings (SSSR count). The Morgan fingerprint density at radius 3 is 2.04 bits per heavy atom. The number of hydrogen-bond acceptors (Lipinski definition) is 7. The second-order valence-corrected chi connectivity index (χ2v) is 7.46. The van der Waals surface area contributed by atoms with Crippen molar-refractivity contribution < 1.29 is 19.7 Å². The summed E-state index contributed by atoms with van der Waals surface area (Å²) in [5.74, 6) is 0.975. The predicted molar refractivity (Wildman–Crippen MR) is 105 cm³/mol. The van der Waals surface area contributed by atoms with Gasteiger partial charge in [-0.2, -0.15) is 0 Å². The molecular formula is C20H33N3O4. The average Bonchev–Trinajstić information content (AvgIpc) is 2.70. The summed E-state index contributed by atoms with van der Waals surface area (Å²) in [7, 11) is 3.12. The number of β-amino-alcohol motifs (C(OH)–C–C–N with tert-alkyl or cyclic N) is 1. The highest BCUT2D eigenvalue weighted by atomic mass is 16.5. The number of aliphatic hydroxyl groups excluding tert-OH is 1. The fourth-order valence-corrected chi connectivity index (χ4v) is 4.23. The van der Waals surface area contributed by atoms with Crippen LogP contribution in [0, 0.1) is 0 Å². The van der Waals surface area contributed by atoms with Crippen molar-refractivity contribution in [3.63, 3.8) is 0 Å². The number of hydrogen-bond donors (Lipinski definition) is 2. The third-order valence-corrected chi connectivity index (χ3v) is 5.84. The van der Waals surface area contributed by atoms with Crippen LogP contribution in [0.3, 0.4) is 0 Å². The third kappa shape index (κ3) is 5.04. The average molecular weight is 380 g/mol. The molecule has 0 aliphatic carbocycles. The van der Waals surface area contributed by atoms with Crippen LogP contribution in [0.2, 0.25) is 0 Å². The molecule has 0 amide bonds. The van der Waals surface area contributed by atoms with Crippen LogP contribution in [0.5, 0.6) is 17.2 Å². The molecule has 1 aromatic carbocycles. The van der Waals surface area contributed by atoms with Crippen LogP contribution in [-0.2, 0) is 6.54 Å². The Morgan fingerprint density at radius 1 is 0.926 bits per heavy atom. The van der Waals surface area contributed by atoms with E-state index in [9.17, 15) is 5.11 Å². The zero-order valence-corrected chi connectivity index (χ0v) is 16.6. The highest BCUT2D eigenvalue weighted by molar-refractivity contribution is 5.52. The summed E-state index contributed by atoms with van der Waals surface area (Å²) in [6.07, 6.45) is 2.37. The summed E-state index contributed by atoms with van der Waals surface area (Å²) in [5, 5.41) is 19.1. The number of aromatic hydroxyl groups is 1. The molecule has 2 heterocycles. The lowest BCUT2D eigenvalue weighted by Gasteiger charge is -2.42. The summed E-state index contributed by atoms with van der Waals surface area (Å²) in [6, 6.07) is 4.45. The van der Waals surface area contributed by atoms with Gasteiger partial charge in [0.05, 0.1) is 20.8 Å². The molecular weight excluding hydrogens is 346 g/mol. The number of piperazine rings is 1. The van der Waals surface area contributed by atoms with Crippen molar-refractivity contribution in [3.8, 4) is 17.2 Å². The maximum atomic E-state index is 10.1. The van der Waals surface area contributed by atoms with Crippen molar-refractivity contribution in [1.82, 2.24) is 14.7 Å². The molecule has 7 nitrogen and oxygen atoms in total. The minimum Gasteiger partial charge on any atom is -0.502 e. The lowest BCUT2D eigenvalue weighted by molar-refractivity contribution is 0.0516. The number of likely N-dealkylation sites (tertiary alicyclic amines) is 1. The van der Waals surface area contributed by atoms with E-state index < -0.39 is 0 Å². The largest absolute Gasteiger partial charge is 0.502 e. The van der Waals surface area contributed by atoms with Gasteiger partial charge in [0, 0.05) is 45.3 Å². The number of ether oxygens (including phenoxy) is 2. The van der Waals surface area contributed by atoms with Crippen molar-refractivity contribution >= 4 is 0 Å². The van der Waals surface area contributed by atoms with Gasteiger partial charge in [0.25, 0.3) is 0 Å². The van der Waals surface area contributed by atoms with E-state index in [1.807, 2.05) is 12.1 Å². The van der Waals surface area contributed by atoms with E-state index in [1.165, 1.54) is 12.8 Å². The van der Waals surface area contributed by atoms with Crippen LogP contribution >= 0.6 is 0 Å². The normalized spacial score (nSPS) is 20.7. The van der Waals surface area contributed by atoms with Crippen molar-refractivity contribution in [1.29, 1.82) is 0 Å². The first-order valence-corrected chi connectivity index (χ1v) is 9.88. The first kappa shape index (κ1) is 20.2. The molecule has 27 heavy (non-hydrogen) atoms. The van der Waals surface area contributed by atoms with Crippen molar-refractivity contribution in [2.24, 2.45) is 0 Å². The Hall–Kier alpha value is -1.54. The number of nitrogens with zero attached hydrogens (tertiary/aromatic N) is 3. The lowest BCUT2D eigenvalue weighted by Crippen LogP contribution is -2.53. The van der Waals surface area contributed by atoms with Gasteiger partial charge in [-0.1, -0.05) is 0 Å². The third-order valence-electron chi connectivity index (χ3n) is 5.84. The zero-order valence-electron chi connectivity index (χ0n) is 16.6. The molecule has 0 radical (unpaired) electrons. The van der Waals surface area contributed by atoms with Crippen LogP contribution in [0.25, 0.3) is 0 Å². The Morgan fingerprint density at radius 2 is 1.52 bits per heavy atom. The Bertz CT molecular complexity index is 572. The second kappa shape index (κ2) is 9.59. The van der Waals surface area contributed by atoms with Gasteiger partial charge in [0.15, 0.2) is 11.5 Å². The molecule has 2 fully saturated rings. The lowest BCUT2D eigenvalue weighted by atomic mass is 10.0. The SMILES string of the molecule is COc1cc(CN2CCC(N3CCN(CCO)CC3)CC2)cc(OC)c1O. The molecule has 0 unspecified atom stereocenters. The molecule has 152 valence electrons. The molecule has 0 bridgehead atoms. The van der Waals surface area contributed by atoms with Crippen LogP contribution in [0.15, 0.2) is 12.1 Å². The number of piperidine rings is 1. The number of phenols is 1. The standard InChI is InChI=1S/C20H33N3O4/c1-26-18-13-16(14-19(27-2)20(18)25)15-22-5-3-17(4-6-22)23-9-7-21(8-10-23)11-12-24/h13-14,17,24-25H,3-12,15H2,1-2H3. The highest BCUT2D eigenvalue weighted by Gasteiger charge is 2.27. The molecule has 1 aromatic rings. The van der Waals surface area contributed by atoms with Crippen LogP contribution in [-0.4, -0.2) is 97.6 Å². The highest BCUT2D eigenvalue weighted by Crippen LogP contribution is 2.37. The zero-order chi connectivity index (χ0) is 19.2. The van der Waals surface area contributed by atoms with E-state index in [4.69, 9.17) is 14.6 Å². The van der Waals surface area contributed by atoms with Gasteiger partial charge in [-0.25, -0.2) is 0 Å². The van der Waals surface area contributed by atoms with E-state index >= 15 is 0 Å². The summed E-state index contributed by atoms with van der Waals surface area (Å²) in [6.45, 7) is 8.39. The molecule has 2 N–H and O–H groups in total. The summed E-state index contributed by atoms with van der Waals surface area (Å²) >= 11 is 0. The van der Waals surface area contributed by atoms with Crippen molar-refractivity contribution in [2.45, 2.75) is 25.4 Å². The minimum atomic E-state index is 0.0581. The molecule has 2 saturated heterocycles. The van der Waals surface area contributed by atoms with E-state index in [2.05, 4.69) is 14.7 Å². The first-order valence-electron chi connectivity index (χ1n) is 9.88. The number of aliphatic hydroxyl groups is 1. The maximum absolute atomic E-state index is 10.1. The van der Waals surface area contributed by atoms with E-state index in [0.29, 0.717) is 17.5 Å². The number of rotatable bonds is 7. The Kier molecular flexibility index (Phi) is 7.18. The second-order valence-electron chi connectivity index (χ2n) is 7.46. The Balaban J connectivity index is 1.50. The topological polar surface area (TPSA) is 68.6 Å². The fraction of sp³-hybridized carbons (Fsp3) is 0.700. The molecule has 0 saturated carbocycles. The molecule has 0 spiro atoms. The van der Waals surface area contributed by atoms with E-state index in [-0.39, 0.29) is 12.4 Å². The van der Waals surface area contributed by atoms with Crippen molar-refractivity contribution in [3.05, 3.63) is 17.7 Å². The summed E-state index contributed by atoms with van der Waals surface area (Å²) < 4.78 is 10.5. The van der Waals surface area contributed by atoms with Crippen molar-refractivity contribution in [2.75, 3.05) is 66.6 Å². The maximum Gasteiger partial charge on any atom is 0.200 e. The fourth-order valence-electron chi connectivity index (χ4n) is 4.23. The molecule has 2 aliphatic rings. The van der Waals surface area contributed by atoms with Gasteiger partial charge in [-0.15, -0.1) is 0 Å². The summed E-state index contributed by atoms with van der Waals surface area (Å²) in [4.78, 5) is 7.43. The van der Waals surface area contributed by atoms with Gasteiger partial charge in [-0.05, 0) is 43.6 Å². The minimum absolute atomic E-state index is 0.0581. The molecule has 0 atom stereocenters. The van der Waals surface area contributed by atoms with Gasteiger partial charge >= 0.3 is 0 Å². The van der Waals surface area contributed by atoms with Crippen LogP contribution < -0.4 is 9.47 Å². The summed E-state index contributed by atoms with van der Waals surface area (Å²) in [5.41, 5.74) is 1.09. The van der Waals surface area contributed by atoms with Gasteiger partial charge in [0.2, 0.25) is 5.75 Å². The van der Waals surface area contributed by atoms with E-state index in [1.54, 1.807) is 14.2 Å². The number of phenolic OH excluding ortho intramolecular Hbond substituents is 1. The van der Waals surface area contributed by atoms with Crippen LogP contribution in [0.4, 0.5) is 0 Å². The van der Waals surface area contributed by atoms with Gasteiger partial charge < -0.3 is 19.7 Å².